The molecule has 0 spiro atoms. The van der Waals surface area contributed by atoms with Crippen LogP contribution in [-0.2, 0) is 10.0 Å². The minimum Gasteiger partial charge on any atom is -0.393 e. The third kappa shape index (κ3) is 4.37. The second-order valence-corrected chi connectivity index (χ2v) is 6.47. The Hall–Kier alpha value is -1.32. The minimum absolute atomic E-state index is 0.0697. The van der Waals surface area contributed by atoms with Crippen LogP contribution in [0.15, 0.2) is 23.1 Å². The first-order chi connectivity index (χ1) is 8.88. The highest BCUT2D eigenvalue weighted by Crippen LogP contribution is 2.24. The molecule has 1 rings (SSSR count). The van der Waals surface area contributed by atoms with E-state index in [-0.39, 0.29) is 16.3 Å². The molecular weight excluding hydrogens is 290 g/mol. The van der Waals surface area contributed by atoms with Crippen LogP contribution in [0.25, 0.3) is 0 Å². The van der Waals surface area contributed by atoms with Gasteiger partial charge in [-0.25, -0.2) is 13.1 Å². The molecule has 0 atom stereocenters. The van der Waals surface area contributed by atoms with Crippen LogP contribution in [-0.4, -0.2) is 31.9 Å². The van der Waals surface area contributed by atoms with Crippen molar-refractivity contribution in [1.82, 2.24) is 4.72 Å². The Morgan fingerprint density at radius 3 is 2.68 bits per heavy atom. The van der Waals surface area contributed by atoms with Crippen molar-refractivity contribution in [2.75, 3.05) is 24.3 Å². The number of thioether (sulfide) groups is 1. The van der Waals surface area contributed by atoms with E-state index in [1.807, 2.05) is 6.26 Å². The van der Waals surface area contributed by atoms with Crippen molar-refractivity contribution < 1.29 is 13.3 Å². The summed E-state index contributed by atoms with van der Waals surface area (Å²) in [4.78, 5) is 9.86. The van der Waals surface area contributed by atoms with Gasteiger partial charge in [0.1, 0.15) is 5.69 Å². The van der Waals surface area contributed by atoms with Crippen LogP contribution < -0.4 is 10.5 Å². The quantitative estimate of drug-likeness (QED) is 0.338. The molecule has 0 aliphatic heterocycles. The standard InChI is InChI=1S/C10H15N3O4S2/c1-18-6-2-5-12-19(16,17)8-3-4-10(13(14)15)9(11)7-8/h3-4,7,12H,2,5-6,11H2,1H3. The van der Waals surface area contributed by atoms with Crippen molar-refractivity contribution >= 4 is 33.2 Å². The maximum Gasteiger partial charge on any atom is 0.292 e. The number of nitrogens with one attached hydrogen (secondary N) is 1. The van der Waals surface area contributed by atoms with E-state index in [0.29, 0.717) is 13.0 Å². The van der Waals surface area contributed by atoms with Gasteiger partial charge in [0.25, 0.3) is 5.69 Å². The first-order valence-corrected chi connectivity index (χ1v) is 8.28. The van der Waals surface area contributed by atoms with E-state index < -0.39 is 14.9 Å². The van der Waals surface area contributed by atoms with Crippen LogP contribution in [0.5, 0.6) is 0 Å². The third-order valence-electron chi connectivity index (χ3n) is 2.32. The van der Waals surface area contributed by atoms with Crippen molar-refractivity contribution in [3.8, 4) is 0 Å². The van der Waals surface area contributed by atoms with Gasteiger partial charge in [0.2, 0.25) is 10.0 Å². The number of nitrogen functional groups attached to an aromatic ring is 1. The van der Waals surface area contributed by atoms with Gasteiger partial charge < -0.3 is 5.73 Å². The molecule has 0 fully saturated rings. The Morgan fingerprint density at radius 1 is 1.47 bits per heavy atom. The zero-order valence-electron chi connectivity index (χ0n) is 10.3. The lowest BCUT2D eigenvalue weighted by Crippen LogP contribution is -2.25. The molecule has 0 saturated heterocycles. The molecule has 0 saturated carbocycles. The van der Waals surface area contributed by atoms with Gasteiger partial charge in [0, 0.05) is 12.6 Å². The van der Waals surface area contributed by atoms with Crippen molar-refractivity contribution in [3.63, 3.8) is 0 Å². The highest BCUT2D eigenvalue weighted by molar-refractivity contribution is 7.98. The number of nitro groups is 1. The van der Waals surface area contributed by atoms with Crippen molar-refractivity contribution in [3.05, 3.63) is 28.3 Å². The summed E-state index contributed by atoms with van der Waals surface area (Å²) in [5.74, 6) is 0.852. The van der Waals surface area contributed by atoms with Gasteiger partial charge in [-0.3, -0.25) is 10.1 Å². The summed E-state index contributed by atoms with van der Waals surface area (Å²) in [6.07, 6.45) is 2.65. The lowest BCUT2D eigenvalue weighted by Gasteiger charge is -2.07. The molecule has 0 unspecified atom stereocenters. The van der Waals surface area contributed by atoms with E-state index in [4.69, 9.17) is 5.73 Å². The molecule has 0 aromatic heterocycles. The maximum absolute atomic E-state index is 11.9. The SMILES string of the molecule is CSCCCNS(=O)(=O)c1ccc([N+](=O)[O-])c(N)c1. The summed E-state index contributed by atoms with van der Waals surface area (Å²) in [5.41, 5.74) is 4.98. The second kappa shape index (κ2) is 6.73. The molecule has 106 valence electrons. The molecule has 3 N–H and O–H groups in total. The van der Waals surface area contributed by atoms with E-state index in [1.165, 1.54) is 6.07 Å². The molecule has 1 aromatic carbocycles. The number of sulfonamides is 1. The normalized spacial score (nSPS) is 11.4. The number of rotatable bonds is 7. The Kier molecular flexibility index (Phi) is 5.58. The lowest BCUT2D eigenvalue weighted by atomic mass is 10.3. The van der Waals surface area contributed by atoms with Gasteiger partial charge in [-0.15, -0.1) is 0 Å². The van der Waals surface area contributed by atoms with Crippen molar-refractivity contribution in [2.24, 2.45) is 0 Å². The van der Waals surface area contributed by atoms with Crippen LogP contribution in [0, 0.1) is 10.1 Å². The number of nitrogens with two attached hydrogens (primary N) is 1. The van der Waals surface area contributed by atoms with E-state index in [2.05, 4.69) is 4.72 Å². The average Bonchev–Trinajstić information content (AvgIpc) is 2.34. The van der Waals surface area contributed by atoms with Gasteiger partial charge in [0.15, 0.2) is 0 Å². The van der Waals surface area contributed by atoms with Crippen LogP contribution in [0.4, 0.5) is 11.4 Å². The van der Waals surface area contributed by atoms with Gasteiger partial charge in [-0.2, -0.15) is 11.8 Å². The molecule has 0 bridgehead atoms. The topological polar surface area (TPSA) is 115 Å². The first-order valence-electron chi connectivity index (χ1n) is 5.41. The van der Waals surface area contributed by atoms with Crippen LogP contribution in [0.2, 0.25) is 0 Å². The van der Waals surface area contributed by atoms with Gasteiger partial charge in [0.05, 0.1) is 9.82 Å². The molecule has 9 heteroatoms. The zero-order valence-corrected chi connectivity index (χ0v) is 12.0. The fraction of sp³-hybridized carbons (Fsp3) is 0.400. The molecule has 1 aromatic rings. The number of benzene rings is 1. The Balaban J connectivity index is 2.84. The largest absolute Gasteiger partial charge is 0.393 e. The molecule has 19 heavy (non-hydrogen) atoms. The number of hydrogen-bond donors (Lipinski definition) is 2. The van der Waals surface area contributed by atoms with Crippen LogP contribution >= 0.6 is 11.8 Å². The fourth-order valence-corrected chi connectivity index (χ4v) is 2.91. The summed E-state index contributed by atoms with van der Waals surface area (Å²) < 4.78 is 26.2. The molecule has 0 heterocycles. The number of hydrogen-bond acceptors (Lipinski definition) is 6. The molecule has 7 nitrogen and oxygen atoms in total. The van der Waals surface area contributed by atoms with E-state index in [1.54, 1.807) is 11.8 Å². The summed E-state index contributed by atoms with van der Waals surface area (Å²) in [7, 11) is -3.67. The van der Waals surface area contributed by atoms with Gasteiger partial charge in [-0.05, 0) is 30.6 Å². The molecule has 0 aliphatic carbocycles. The predicted molar refractivity (Wildman–Crippen MR) is 75.7 cm³/mol. The zero-order chi connectivity index (χ0) is 14.5. The lowest BCUT2D eigenvalue weighted by molar-refractivity contribution is -0.383. The summed E-state index contributed by atoms with van der Waals surface area (Å²) in [5, 5.41) is 10.6. The summed E-state index contributed by atoms with van der Waals surface area (Å²) >= 11 is 1.63. The van der Waals surface area contributed by atoms with Crippen LogP contribution in [0.1, 0.15) is 6.42 Å². The van der Waals surface area contributed by atoms with Crippen molar-refractivity contribution in [1.29, 1.82) is 0 Å². The molecule has 0 amide bonds. The second-order valence-electron chi connectivity index (χ2n) is 3.72. The molecule has 0 aliphatic rings. The molecular formula is C10H15N3O4S2. The Labute approximate surface area is 115 Å². The van der Waals surface area contributed by atoms with Gasteiger partial charge in [-0.1, -0.05) is 0 Å². The third-order valence-corrected chi connectivity index (χ3v) is 4.48. The van der Waals surface area contributed by atoms with E-state index in [0.717, 1.165) is 17.9 Å². The van der Waals surface area contributed by atoms with Gasteiger partial charge >= 0.3 is 0 Å². The van der Waals surface area contributed by atoms with Crippen LogP contribution in [0.3, 0.4) is 0 Å². The number of anilines is 1. The fourth-order valence-electron chi connectivity index (χ4n) is 1.37. The smallest absolute Gasteiger partial charge is 0.292 e. The van der Waals surface area contributed by atoms with E-state index >= 15 is 0 Å². The number of nitro benzene ring substituents is 1. The average molecular weight is 305 g/mol. The Bertz CT molecular complexity index is 560. The summed E-state index contributed by atoms with van der Waals surface area (Å²) in [6.45, 7) is 0.320. The predicted octanol–water partition coefficient (Wildman–Crippen LogP) is 1.21. The van der Waals surface area contributed by atoms with E-state index in [9.17, 15) is 18.5 Å². The highest BCUT2D eigenvalue weighted by Gasteiger charge is 2.18. The summed E-state index contributed by atoms with van der Waals surface area (Å²) in [6, 6.07) is 3.35. The first kappa shape index (κ1) is 15.7. The Morgan fingerprint density at radius 2 is 2.16 bits per heavy atom. The minimum atomic E-state index is -3.67. The maximum atomic E-state index is 11.9. The number of nitrogens with zero attached hydrogens (tertiary/aromatic N) is 1. The molecule has 0 radical (unpaired) electrons. The highest BCUT2D eigenvalue weighted by atomic mass is 32.2. The van der Waals surface area contributed by atoms with Crippen molar-refractivity contribution in [2.45, 2.75) is 11.3 Å². The monoisotopic (exact) mass is 305 g/mol.